The predicted octanol–water partition coefficient (Wildman–Crippen LogP) is 2.43. The first-order valence-corrected chi connectivity index (χ1v) is 4.80. The van der Waals surface area contributed by atoms with Crippen molar-refractivity contribution in [1.82, 2.24) is 0 Å². The Morgan fingerprint density at radius 2 is 2.11 bits per heavy atom. The second kappa shape index (κ2) is 5.40. The topological polar surface area (TPSA) is 70.3 Å². The molecule has 0 aromatic heterocycles. The number of ether oxygens (including phenoxy) is 1. The van der Waals surface area contributed by atoms with E-state index in [2.05, 4.69) is 0 Å². The molecular weight excluding hydrogens is 251 g/mol. The normalized spacial score (nSPS) is 10.8. The van der Waals surface area contributed by atoms with Crippen molar-refractivity contribution in [2.75, 3.05) is 6.61 Å². The molecule has 0 unspecified atom stereocenters. The molecule has 7 heteroatoms. The minimum atomic E-state index is -4.66. The third-order valence-corrected chi connectivity index (χ3v) is 1.99. The van der Waals surface area contributed by atoms with Crippen LogP contribution in [0.3, 0.4) is 0 Å². The smallest absolute Gasteiger partial charge is 0.420 e. The molecule has 1 aromatic rings. The Balaban J connectivity index is 2.97. The van der Waals surface area contributed by atoms with Crippen molar-refractivity contribution in [3.8, 4) is 11.8 Å². The first kappa shape index (κ1) is 13.8. The Morgan fingerprint density at radius 1 is 1.44 bits per heavy atom. The van der Waals surface area contributed by atoms with Gasteiger partial charge in [0.2, 0.25) is 0 Å². The third-order valence-electron chi connectivity index (χ3n) is 1.99. The molecule has 0 aliphatic heterocycles. The molecule has 1 aromatic carbocycles. The highest BCUT2D eigenvalue weighted by molar-refractivity contribution is 5.66. The lowest BCUT2D eigenvalue weighted by Gasteiger charge is -2.13. The number of carboxylic acid groups (broad SMARTS) is 1. The number of rotatable bonds is 4. The summed E-state index contributed by atoms with van der Waals surface area (Å²) in [5, 5.41) is 16.9. The number of carboxylic acids is 1. The highest BCUT2D eigenvalue weighted by Gasteiger charge is 2.34. The van der Waals surface area contributed by atoms with Crippen LogP contribution < -0.4 is 4.74 Å². The summed E-state index contributed by atoms with van der Waals surface area (Å²) >= 11 is 0. The van der Waals surface area contributed by atoms with E-state index in [9.17, 15) is 18.0 Å². The van der Waals surface area contributed by atoms with Gasteiger partial charge in [-0.3, -0.25) is 4.79 Å². The van der Waals surface area contributed by atoms with Gasteiger partial charge in [0.25, 0.3) is 0 Å². The van der Waals surface area contributed by atoms with E-state index >= 15 is 0 Å². The van der Waals surface area contributed by atoms with Gasteiger partial charge in [-0.15, -0.1) is 0 Å². The molecule has 4 nitrogen and oxygen atoms in total. The number of hydrogen-bond donors (Lipinski definition) is 1. The molecule has 0 aliphatic rings. The largest absolute Gasteiger partial charge is 0.492 e. The number of hydrogen-bond acceptors (Lipinski definition) is 3. The van der Waals surface area contributed by atoms with Gasteiger partial charge in [-0.1, -0.05) is 0 Å². The van der Waals surface area contributed by atoms with Gasteiger partial charge in [0, 0.05) is 0 Å². The molecular formula is C11H8F3NO3. The Morgan fingerprint density at radius 3 is 2.61 bits per heavy atom. The fourth-order valence-electron chi connectivity index (χ4n) is 1.20. The minimum absolute atomic E-state index is 0.145. The van der Waals surface area contributed by atoms with Gasteiger partial charge in [0.15, 0.2) is 0 Å². The Kier molecular flexibility index (Phi) is 4.15. The molecule has 0 radical (unpaired) electrons. The summed E-state index contributed by atoms with van der Waals surface area (Å²) in [5.41, 5.74) is -1.24. The van der Waals surface area contributed by atoms with Crippen molar-refractivity contribution in [3.05, 3.63) is 29.3 Å². The van der Waals surface area contributed by atoms with E-state index in [4.69, 9.17) is 15.1 Å². The van der Waals surface area contributed by atoms with Crippen LogP contribution in [0.4, 0.5) is 13.2 Å². The Hall–Kier alpha value is -2.23. The van der Waals surface area contributed by atoms with Crippen LogP contribution in [0, 0.1) is 11.3 Å². The van der Waals surface area contributed by atoms with Gasteiger partial charge in [0.1, 0.15) is 5.75 Å². The summed E-state index contributed by atoms with van der Waals surface area (Å²) in [4.78, 5) is 10.2. The van der Waals surface area contributed by atoms with Gasteiger partial charge >= 0.3 is 12.1 Å². The molecule has 0 heterocycles. The molecule has 96 valence electrons. The maximum absolute atomic E-state index is 12.6. The fourth-order valence-corrected chi connectivity index (χ4v) is 1.20. The van der Waals surface area contributed by atoms with Crippen LogP contribution in [0.1, 0.15) is 17.5 Å². The van der Waals surface area contributed by atoms with Gasteiger partial charge < -0.3 is 9.84 Å². The van der Waals surface area contributed by atoms with Crippen LogP contribution in [0.2, 0.25) is 0 Å². The highest BCUT2D eigenvalue weighted by atomic mass is 19.4. The minimum Gasteiger partial charge on any atom is -0.492 e. The summed E-state index contributed by atoms with van der Waals surface area (Å²) in [6.45, 7) is -0.371. The molecule has 0 fully saturated rings. The van der Waals surface area contributed by atoms with Crippen LogP contribution in [-0.4, -0.2) is 17.7 Å². The van der Waals surface area contributed by atoms with Crippen molar-refractivity contribution in [3.63, 3.8) is 0 Å². The molecule has 0 saturated heterocycles. The SMILES string of the molecule is N#Cc1ccc(OCCC(=O)O)c(C(F)(F)F)c1. The lowest BCUT2D eigenvalue weighted by molar-refractivity contribution is -0.139. The zero-order valence-corrected chi connectivity index (χ0v) is 8.99. The van der Waals surface area contributed by atoms with E-state index in [-0.39, 0.29) is 12.2 Å². The molecule has 1 rings (SSSR count). The van der Waals surface area contributed by atoms with Crippen LogP contribution >= 0.6 is 0 Å². The second-order valence-corrected chi connectivity index (χ2v) is 3.31. The number of nitrogens with zero attached hydrogens (tertiary/aromatic N) is 1. The van der Waals surface area contributed by atoms with Gasteiger partial charge in [-0.25, -0.2) is 0 Å². The second-order valence-electron chi connectivity index (χ2n) is 3.31. The zero-order valence-electron chi connectivity index (χ0n) is 8.99. The Labute approximate surface area is 100 Å². The lowest BCUT2D eigenvalue weighted by atomic mass is 10.1. The first-order valence-electron chi connectivity index (χ1n) is 4.80. The quantitative estimate of drug-likeness (QED) is 0.901. The van der Waals surface area contributed by atoms with E-state index in [0.717, 1.165) is 6.07 Å². The van der Waals surface area contributed by atoms with E-state index in [1.54, 1.807) is 6.07 Å². The molecule has 0 atom stereocenters. The Bertz CT molecular complexity index is 491. The maximum Gasteiger partial charge on any atom is 0.420 e. The van der Waals surface area contributed by atoms with Crippen LogP contribution in [0.15, 0.2) is 18.2 Å². The van der Waals surface area contributed by atoms with Crippen LogP contribution in [-0.2, 0) is 11.0 Å². The number of carbonyl (C=O) groups is 1. The summed E-state index contributed by atoms with van der Waals surface area (Å²) in [5.74, 6) is -1.65. The van der Waals surface area contributed by atoms with Crippen molar-refractivity contribution in [2.24, 2.45) is 0 Å². The van der Waals surface area contributed by atoms with Crippen molar-refractivity contribution >= 4 is 5.97 Å². The van der Waals surface area contributed by atoms with Gasteiger partial charge in [0.05, 0.1) is 30.2 Å². The summed E-state index contributed by atoms with van der Waals surface area (Å²) in [6.07, 6.45) is -5.07. The van der Waals surface area contributed by atoms with E-state index < -0.39 is 29.9 Å². The number of halogens is 3. The standard InChI is InChI=1S/C11H8F3NO3/c12-11(13,14)8-5-7(6-15)1-2-9(8)18-4-3-10(16)17/h1-2,5H,3-4H2,(H,16,17). The van der Waals surface area contributed by atoms with Gasteiger partial charge in [-0.2, -0.15) is 18.4 Å². The monoisotopic (exact) mass is 259 g/mol. The predicted molar refractivity (Wildman–Crippen MR) is 53.9 cm³/mol. The number of nitriles is 1. The average Bonchev–Trinajstić information content (AvgIpc) is 2.27. The van der Waals surface area contributed by atoms with E-state index in [1.807, 2.05) is 0 Å². The van der Waals surface area contributed by atoms with Gasteiger partial charge in [-0.05, 0) is 18.2 Å². The lowest BCUT2D eigenvalue weighted by Crippen LogP contribution is -2.11. The summed E-state index contributed by atoms with van der Waals surface area (Å²) < 4.78 is 42.7. The molecule has 18 heavy (non-hydrogen) atoms. The molecule has 0 amide bonds. The molecule has 0 aliphatic carbocycles. The highest BCUT2D eigenvalue weighted by Crippen LogP contribution is 2.36. The van der Waals surface area contributed by atoms with Crippen LogP contribution in [0.25, 0.3) is 0 Å². The number of aliphatic carboxylic acids is 1. The summed E-state index contributed by atoms with van der Waals surface area (Å²) in [6, 6.07) is 4.43. The average molecular weight is 259 g/mol. The maximum atomic E-state index is 12.6. The van der Waals surface area contributed by atoms with Crippen molar-refractivity contribution in [1.29, 1.82) is 5.26 Å². The molecule has 0 bridgehead atoms. The number of benzene rings is 1. The molecule has 0 saturated carbocycles. The first-order chi connectivity index (χ1) is 8.34. The van der Waals surface area contributed by atoms with Crippen LogP contribution in [0.5, 0.6) is 5.75 Å². The van der Waals surface area contributed by atoms with Crippen molar-refractivity contribution < 1.29 is 27.8 Å². The summed E-state index contributed by atoms with van der Waals surface area (Å²) in [7, 11) is 0. The third kappa shape index (κ3) is 3.66. The zero-order chi connectivity index (χ0) is 13.8. The number of alkyl halides is 3. The molecule has 1 N–H and O–H groups in total. The van der Waals surface area contributed by atoms with E-state index in [1.165, 1.54) is 6.07 Å². The van der Waals surface area contributed by atoms with E-state index in [0.29, 0.717) is 6.07 Å². The fraction of sp³-hybridized carbons (Fsp3) is 0.273. The molecule has 0 spiro atoms. The van der Waals surface area contributed by atoms with Crippen molar-refractivity contribution in [2.45, 2.75) is 12.6 Å².